The van der Waals surface area contributed by atoms with Gasteiger partial charge in [-0.1, -0.05) is 170 Å². The first-order chi connectivity index (χ1) is 24.2. The van der Waals surface area contributed by atoms with Crippen LogP contribution in [-0.2, 0) is 0 Å². The lowest BCUT2D eigenvalue weighted by Gasteiger charge is -2.44. The molecule has 2 heteroatoms. The molecule has 0 amide bonds. The maximum absolute atomic E-state index is 7.01. The Morgan fingerprint density at radius 1 is 0.490 bits per heavy atom. The molecular weight excluding hydrogens is 595 g/mol. The smallest absolute Gasteiger partial charge is 0.156 e. The third-order valence-corrected chi connectivity index (χ3v) is 10.1. The first kappa shape index (κ1) is 29.1. The summed E-state index contributed by atoms with van der Waals surface area (Å²) >= 11 is 0. The minimum atomic E-state index is -0.636. The van der Waals surface area contributed by atoms with Gasteiger partial charge < -0.3 is 9.64 Å². The van der Waals surface area contributed by atoms with Crippen molar-refractivity contribution >= 4 is 27.7 Å². The zero-order valence-corrected chi connectivity index (χ0v) is 27.3. The Morgan fingerprint density at radius 3 is 1.73 bits per heavy atom. The Balaban J connectivity index is 1.32. The molecule has 0 spiro atoms. The second-order valence-electron chi connectivity index (χ2n) is 13.0. The summed E-state index contributed by atoms with van der Waals surface area (Å²) in [5.74, 6) is 0.927. The predicted molar refractivity (Wildman–Crippen MR) is 205 cm³/mol. The van der Waals surface area contributed by atoms with Crippen LogP contribution in [0.5, 0.6) is 5.75 Å². The minimum absolute atomic E-state index is 0.158. The van der Waals surface area contributed by atoms with Crippen LogP contribution in [0.2, 0.25) is 0 Å². The van der Waals surface area contributed by atoms with Crippen LogP contribution in [0, 0.1) is 0 Å². The van der Waals surface area contributed by atoms with Crippen LogP contribution >= 0.6 is 0 Å². The minimum Gasteiger partial charge on any atom is -0.480 e. The standard InChI is InChI=1S/C47H35NO/c1-47-41(40-25-10-13-31-44(40)49-47)28-16-32-45(47)48(42-29-11-8-23-36(42)33-17-4-2-5-18-33)43-30-12-9-24-38(43)39-27-15-22-35-21-14-26-37(46(35)39)34-19-6-3-7-20-34/h2-32,45H,1H3. The lowest BCUT2D eigenvalue weighted by Crippen LogP contribution is -2.52. The average Bonchev–Trinajstić information content (AvgIpc) is 3.48. The molecule has 7 aromatic carbocycles. The number of anilines is 2. The molecule has 49 heavy (non-hydrogen) atoms. The van der Waals surface area contributed by atoms with Gasteiger partial charge in [-0.25, -0.2) is 0 Å². The normalized spacial score (nSPS) is 17.6. The second kappa shape index (κ2) is 11.8. The number of para-hydroxylation sites is 3. The Labute approximate surface area is 287 Å². The summed E-state index contributed by atoms with van der Waals surface area (Å²) in [6, 6.07) is 60.7. The molecule has 0 saturated heterocycles. The highest BCUT2D eigenvalue weighted by Crippen LogP contribution is 2.53. The van der Waals surface area contributed by atoms with Crippen LogP contribution in [0.4, 0.5) is 11.4 Å². The quantitative estimate of drug-likeness (QED) is 0.181. The van der Waals surface area contributed by atoms with Crippen molar-refractivity contribution in [2.45, 2.75) is 18.6 Å². The van der Waals surface area contributed by atoms with Gasteiger partial charge in [0.2, 0.25) is 0 Å². The van der Waals surface area contributed by atoms with Crippen LogP contribution < -0.4 is 9.64 Å². The van der Waals surface area contributed by atoms with Crippen molar-refractivity contribution in [1.29, 1.82) is 0 Å². The molecule has 0 radical (unpaired) electrons. The Morgan fingerprint density at radius 2 is 1.02 bits per heavy atom. The summed E-state index contributed by atoms with van der Waals surface area (Å²) in [5, 5.41) is 2.46. The number of allylic oxidation sites excluding steroid dienone is 2. The van der Waals surface area contributed by atoms with Crippen molar-refractivity contribution in [1.82, 2.24) is 0 Å². The van der Waals surface area contributed by atoms with E-state index in [1.807, 2.05) is 0 Å². The third-order valence-electron chi connectivity index (χ3n) is 10.1. The molecule has 1 aliphatic heterocycles. The number of benzene rings is 7. The van der Waals surface area contributed by atoms with E-state index in [0.29, 0.717) is 0 Å². The molecule has 0 N–H and O–H groups in total. The lowest BCUT2D eigenvalue weighted by atomic mass is 9.80. The van der Waals surface area contributed by atoms with Crippen molar-refractivity contribution in [3.05, 3.63) is 194 Å². The van der Waals surface area contributed by atoms with Crippen molar-refractivity contribution in [2.24, 2.45) is 0 Å². The summed E-state index contributed by atoms with van der Waals surface area (Å²) in [6.07, 6.45) is 6.75. The van der Waals surface area contributed by atoms with E-state index in [1.54, 1.807) is 0 Å². The molecule has 9 rings (SSSR count). The SMILES string of the molecule is CC12Oc3ccccc3C1=CC=CC2N(c1ccccc1-c1ccccc1)c1ccccc1-c1cccc2cccc(-c3ccccc3)c12. The van der Waals surface area contributed by atoms with Gasteiger partial charge in [0.1, 0.15) is 5.75 Å². The fraction of sp³-hybridized carbons (Fsp3) is 0.0638. The van der Waals surface area contributed by atoms with Gasteiger partial charge in [0, 0.05) is 33.6 Å². The number of hydrogen-bond acceptors (Lipinski definition) is 2. The van der Waals surface area contributed by atoms with Crippen molar-refractivity contribution < 1.29 is 4.74 Å². The van der Waals surface area contributed by atoms with Crippen LogP contribution in [0.1, 0.15) is 12.5 Å². The summed E-state index contributed by atoms with van der Waals surface area (Å²) in [5.41, 5.74) is 11.1. The van der Waals surface area contributed by atoms with Crippen molar-refractivity contribution in [2.75, 3.05) is 4.90 Å². The van der Waals surface area contributed by atoms with Gasteiger partial charge in [0.25, 0.3) is 0 Å². The maximum atomic E-state index is 7.01. The van der Waals surface area contributed by atoms with Gasteiger partial charge in [-0.3, -0.25) is 0 Å². The van der Waals surface area contributed by atoms with Crippen LogP contribution in [0.25, 0.3) is 49.7 Å². The van der Waals surface area contributed by atoms with E-state index >= 15 is 0 Å². The third kappa shape index (κ3) is 4.79. The van der Waals surface area contributed by atoms with Gasteiger partial charge in [-0.15, -0.1) is 0 Å². The van der Waals surface area contributed by atoms with E-state index in [4.69, 9.17) is 4.74 Å². The van der Waals surface area contributed by atoms with Gasteiger partial charge in [0.05, 0.1) is 6.04 Å². The molecule has 1 aliphatic carbocycles. The second-order valence-corrected chi connectivity index (χ2v) is 13.0. The Bertz CT molecular complexity index is 2380. The van der Waals surface area contributed by atoms with E-state index in [1.165, 1.54) is 49.7 Å². The molecule has 234 valence electrons. The molecule has 2 unspecified atom stereocenters. The van der Waals surface area contributed by atoms with Gasteiger partial charge in [0.15, 0.2) is 5.60 Å². The first-order valence-electron chi connectivity index (χ1n) is 17.0. The molecule has 7 aromatic rings. The lowest BCUT2D eigenvalue weighted by molar-refractivity contribution is 0.151. The molecule has 0 bridgehead atoms. The topological polar surface area (TPSA) is 12.5 Å². The predicted octanol–water partition coefficient (Wildman–Crippen LogP) is 12.2. The molecule has 0 saturated carbocycles. The Hall–Kier alpha value is -6.12. The van der Waals surface area contributed by atoms with Crippen LogP contribution in [0.15, 0.2) is 188 Å². The highest BCUT2D eigenvalue weighted by molar-refractivity contribution is 6.08. The summed E-state index contributed by atoms with van der Waals surface area (Å²) in [4.78, 5) is 2.52. The largest absolute Gasteiger partial charge is 0.480 e. The monoisotopic (exact) mass is 629 g/mol. The zero-order valence-electron chi connectivity index (χ0n) is 27.3. The van der Waals surface area contributed by atoms with E-state index in [-0.39, 0.29) is 6.04 Å². The maximum Gasteiger partial charge on any atom is 0.156 e. The number of rotatable bonds is 6. The Kier molecular flexibility index (Phi) is 7.02. The number of nitrogens with zero attached hydrogens (tertiary/aromatic N) is 1. The van der Waals surface area contributed by atoms with Crippen LogP contribution in [-0.4, -0.2) is 11.6 Å². The van der Waals surface area contributed by atoms with Gasteiger partial charge in [-0.05, 0) is 58.1 Å². The van der Waals surface area contributed by atoms with E-state index < -0.39 is 5.60 Å². The fourth-order valence-corrected chi connectivity index (χ4v) is 7.89. The van der Waals surface area contributed by atoms with E-state index in [2.05, 4.69) is 200 Å². The summed E-state index contributed by atoms with van der Waals surface area (Å²) in [6.45, 7) is 2.25. The number of ether oxygens (including phenoxy) is 1. The van der Waals surface area contributed by atoms with E-state index in [0.717, 1.165) is 22.7 Å². The molecule has 1 heterocycles. The average molecular weight is 630 g/mol. The molecular formula is C47H35NO. The number of fused-ring (bicyclic) bond motifs is 4. The van der Waals surface area contributed by atoms with E-state index in [9.17, 15) is 0 Å². The molecule has 2 atom stereocenters. The van der Waals surface area contributed by atoms with Gasteiger partial charge in [-0.2, -0.15) is 0 Å². The van der Waals surface area contributed by atoms with Crippen molar-refractivity contribution in [3.8, 4) is 39.1 Å². The zero-order chi connectivity index (χ0) is 32.8. The summed E-state index contributed by atoms with van der Waals surface area (Å²) < 4.78 is 7.01. The molecule has 2 nitrogen and oxygen atoms in total. The highest BCUT2D eigenvalue weighted by Gasteiger charge is 2.49. The van der Waals surface area contributed by atoms with Crippen LogP contribution in [0.3, 0.4) is 0 Å². The highest BCUT2D eigenvalue weighted by atomic mass is 16.5. The first-order valence-corrected chi connectivity index (χ1v) is 17.0. The number of hydrogen-bond donors (Lipinski definition) is 0. The molecule has 0 aromatic heterocycles. The fourth-order valence-electron chi connectivity index (χ4n) is 7.89. The van der Waals surface area contributed by atoms with Gasteiger partial charge >= 0.3 is 0 Å². The molecule has 0 fully saturated rings. The van der Waals surface area contributed by atoms with Crippen molar-refractivity contribution in [3.63, 3.8) is 0 Å². The summed E-state index contributed by atoms with van der Waals surface area (Å²) in [7, 11) is 0. The molecule has 2 aliphatic rings.